The Kier molecular flexibility index (Phi) is 3.60. The fraction of sp³-hybridized carbons (Fsp3) is 0.214. The van der Waals surface area contributed by atoms with E-state index in [-0.39, 0.29) is 0 Å². The van der Waals surface area contributed by atoms with Crippen molar-refractivity contribution in [1.82, 2.24) is 0 Å². The Bertz CT molecular complexity index is 480. The van der Waals surface area contributed by atoms with Gasteiger partial charge in [0.1, 0.15) is 18.5 Å². The summed E-state index contributed by atoms with van der Waals surface area (Å²) in [5.41, 5.74) is 1.13. The first-order valence-corrected chi connectivity index (χ1v) is 5.50. The normalized spacial score (nSPS) is 10.0. The number of benzene rings is 1. The van der Waals surface area contributed by atoms with E-state index in [0.29, 0.717) is 6.61 Å². The van der Waals surface area contributed by atoms with Crippen molar-refractivity contribution in [1.29, 1.82) is 0 Å². The maximum absolute atomic E-state index is 5.70. The predicted octanol–water partition coefficient (Wildman–Crippen LogP) is 2.10. The van der Waals surface area contributed by atoms with Crippen LogP contribution in [0.15, 0.2) is 48.7 Å². The molecule has 0 atom stereocenters. The molecule has 88 valence electrons. The fourth-order valence-corrected chi connectivity index (χ4v) is 1.54. The molecule has 2 aromatic rings. The monoisotopic (exact) mass is 230 g/mol. The molecule has 0 saturated carbocycles. The van der Waals surface area contributed by atoms with Crippen molar-refractivity contribution < 1.29 is 14.0 Å². The Morgan fingerprint density at radius 3 is 2.35 bits per heavy atom. The summed E-state index contributed by atoms with van der Waals surface area (Å²) in [6.07, 6.45) is 2.01. The third-order valence-corrected chi connectivity index (χ3v) is 2.61. The van der Waals surface area contributed by atoms with E-state index in [0.717, 1.165) is 17.2 Å². The lowest BCUT2D eigenvalue weighted by molar-refractivity contribution is -0.680. The third kappa shape index (κ3) is 2.97. The predicted molar refractivity (Wildman–Crippen MR) is 64.9 cm³/mol. The average Bonchev–Trinajstić information content (AvgIpc) is 2.38. The first-order valence-electron chi connectivity index (χ1n) is 5.50. The molecule has 2 rings (SSSR count). The fourth-order valence-electron chi connectivity index (χ4n) is 1.54. The number of aryl methyl sites for hydroxylation is 1. The largest absolute Gasteiger partial charge is 0.497 e. The van der Waals surface area contributed by atoms with E-state index in [1.54, 1.807) is 7.11 Å². The van der Waals surface area contributed by atoms with Crippen LogP contribution in [0.25, 0.3) is 0 Å². The van der Waals surface area contributed by atoms with Crippen LogP contribution in [-0.4, -0.2) is 7.11 Å². The summed E-state index contributed by atoms with van der Waals surface area (Å²) >= 11 is 0. The highest BCUT2D eigenvalue weighted by molar-refractivity contribution is 5.31. The Labute approximate surface area is 101 Å². The van der Waals surface area contributed by atoms with Gasteiger partial charge in [0.2, 0.25) is 5.69 Å². The van der Waals surface area contributed by atoms with Gasteiger partial charge >= 0.3 is 0 Å². The lowest BCUT2D eigenvalue weighted by Crippen LogP contribution is -2.33. The van der Waals surface area contributed by atoms with Crippen LogP contribution in [0.4, 0.5) is 0 Å². The molecule has 0 spiro atoms. The SMILES string of the molecule is COc1ccc(OCc2cccc[n+]2C)cc1. The Balaban J connectivity index is 2.00. The van der Waals surface area contributed by atoms with Crippen molar-refractivity contribution in [2.45, 2.75) is 6.61 Å². The summed E-state index contributed by atoms with van der Waals surface area (Å²) in [7, 11) is 3.66. The van der Waals surface area contributed by atoms with Crippen molar-refractivity contribution in [3.05, 3.63) is 54.4 Å². The Morgan fingerprint density at radius 2 is 1.71 bits per heavy atom. The van der Waals surface area contributed by atoms with Crippen molar-refractivity contribution >= 4 is 0 Å². The van der Waals surface area contributed by atoms with E-state index in [4.69, 9.17) is 9.47 Å². The molecule has 0 aliphatic rings. The van der Waals surface area contributed by atoms with Crippen LogP contribution in [0.5, 0.6) is 11.5 Å². The molecular formula is C14H16NO2+. The Morgan fingerprint density at radius 1 is 1.00 bits per heavy atom. The van der Waals surface area contributed by atoms with Crippen molar-refractivity contribution in [3.63, 3.8) is 0 Å². The van der Waals surface area contributed by atoms with Gasteiger partial charge in [-0.05, 0) is 30.3 Å². The zero-order valence-electron chi connectivity index (χ0n) is 10.1. The smallest absolute Gasteiger partial charge is 0.219 e. The molecule has 0 radical (unpaired) electrons. The van der Waals surface area contributed by atoms with E-state index >= 15 is 0 Å². The van der Waals surface area contributed by atoms with Gasteiger partial charge in [-0.1, -0.05) is 0 Å². The van der Waals surface area contributed by atoms with E-state index < -0.39 is 0 Å². The van der Waals surface area contributed by atoms with Gasteiger partial charge in [0.15, 0.2) is 12.8 Å². The molecular weight excluding hydrogens is 214 g/mol. The summed E-state index contributed by atoms with van der Waals surface area (Å²) in [4.78, 5) is 0. The zero-order valence-corrected chi connectivity index (χ0v) is 10.1. The van der Waals surface area contributed by atoms with Gasteiger partial charge in [0, 0.05) is 12.1 Å². The first-order chi connectivity index (χ1) is 8.29. The molecule has 17 heavy (non-hydrogen) atoms. The second kappa shape index (κ2) is 5.34. The maximum atomic E-state index is 5.70. The topological polar surface area (TPSA) is 22.3 Å². The number of rotatable bonds is 4. The van der Waals surface area contributed by atoms with Crippen LogP contribution in [-0.2, 0) is 13.7 Å². The third-order valence-electron chi connectivity index (χ3n) is 2.61. The minimum atomic E-state index is 0.559. The van der Waals surface area contributed by atoms with Gasteiger partial charge in [-0.3, -0.25) is 0 Å². The number of hydrogen-bond acceptors (Lipinski definition) is 2. The number of methoxy groups -OCH3 is 1. The quantitative estimate of drug-likeness (QED) is 0.750. The van der Waals surface area contributed by atoms with Gasteiger partial charge < -0.3 is 9.47 Å². The van der Waals surface area contributed by atoms with Gasteiger partial charge in [-0.25, -0.2) is 4.57 Å². The highest BCUT2D eigenvalue weighted by Gasteiger charge is 2.05. The summed E-state index contributed by atoms with van der Waals surface area (Å²) in [6, 6.07) is 13.6. The number of aromatic nitrogens is 1. The second-order valence-electron chi connectivity index (χ2n) is 3.77. The Hall–Kier alpha value is -2.03. The standard InChI is InChI=1S/C14H16NO2/c1-15-10-4-3-5-12(15)11-17-14-8-6-13(16-2)7-9-14/h3-10H,11H2,1-2H3/q+1. The second-order valence-corrected chi connectivity index (χ2v) is 3.77. The maximum Gasteiger partial charge on any atom is 0.219 e. The average molecular weight is 230 g/mol. The number of ether oxygens (including phenoxy) is 2. The number of nitrogens with zero attached hydrogens (tertiary/aromatic N) is 1. The lowest BCUT2D eigenvalue weighted by atomic mass is 10.3. The molecule has 3 nitrogen and oxygen atoms in total. The van der Waals surface area contributed by atoms with E-state index in [1.165, 1.54) is 0 Å². The minimum Gasteiger partial charge on any atom is -0.497 e. The highest BCUT2D eigenvalue weighted by Crippen LogP contribution is 2.17. The van der Waals surface area contributed by atoms with Gasteiger partial charge in [0.25, 0.3) is 0 Å². The molecule has 0 aliphatic carbocycles. The molecule has 1 aromatic carbocycles. The molecule has 0 saturated heterocycles. The van der Waals surface area contributed by atoms with E-state index in [1.807, 2.05) is 60.3 Å². The van der Waals surface area contributed by atoms with E-state index in [2.05, 4.69) is 0 Å². The van der Waals surface area contributed by atoms with E-state index in [9.17, 15) is 0 Å². The van der Waals surface area contributed by atoms with Gasteiger partial charge in [0.05, 0.1) is 7.11 Å². The molecule has 0 bridgehead atoms. The molecule has 0 aliphatic heterocycles. The minimum absolute atomic E-state index is 0.559. The van der Waals surface area contributed by atoms with Crippen LogP contribution in [0.3, 0.4) is 0 Å². The van der Waals surface area contributed by atoms with Crippen LogP contribution < -0.4 is 14.0 Å². The molecule has 1 heterocycles. The van der Waals surface area contributed by atoms with Crippen molar-refractivity contribution in [3.8, 4) is 11.5 Å². The van der Waals surface area contributed by atoms with Crippen LogP contribution in [0.2, 0.25) is 0 Å². The van der Waals surface area contributed by atoms with Crippen LogP contribution in [0.1, 0.15) is 5.69 Å². The number of hydrogen-bond donors (Lipinski definition) is 0. The highest BCUT2D eigenvalue weighted by atomic mass is 16.5. The molecule has 0 unspecified atom stereocenters. The molecule has 0 fully saturated rings. The van der Waals surface area contributed by atoms with Crippen LogP contribution in [0, 0.1) is 0 Å². The molecule has 3 heteroatoms. The summed E-state index contributed by atoms with van der Waals surface area (Å²) in [6.45, 7) is 0.559. The van der Waals surface area contributed by atoms with Crippen LogP contribution >= 0.6 is 0 Å². The van der Waals surface area contributed by atoms with Crippen molar-refractivity contribution in [2.75, 3.05) is 7.11 Å². The summed E-state index contributed by atoms with van der Waals surface area (Å²) < 4.78 is 12.8. The summed E-state index contributed by atoms with van der Waals surface area (Å²) in [5.74, 6) is 1.68. The van der Waals surface area contributed by atoms with Gasteiger partial charge in [-0.2, -0.15) is 0 Å². The molecule has 1 aromatic heterocycles. The van der Waals surface area contributed by atoms with Gasteiger partial charge in [-0.15, -0.1) is 0 Å². The molecule has 0 amide bonds. The molecule has 0 N–H and O–H groups in total. The van der Waals surface area contributed by atoms with Crippen molar-refractivity contribution in [2.24, 2.45) is 7.05 Å². The first kappa shape index (κ1) is 11.5. The number of pyridine rings is 1. The summed E-state index contributed by atoms with van der Waals surface area (Å²) in [5, 5.41) is 0. The lowest BCUT2D eigenvalue weighted by Gasteiger charge is -2.05. The zero-order chi connectivity index (χ0) is 12.1.